The Labute approximate surface area is 90.2 Å². The van der Waals surface area contributed by atoms with Crippen molar-refractivity contribution >= 4 is 11.6 Å². The number of carbonyl (C=O) groups excluding carboxylic acids is 1. The number of carbonyl (C=O) groups is 1. The van der Waals surface area contributed by atoms with Gasteiger partial charge >= 0.3 is 12.1 Å². The summed E-state index contributed by atoms with van der Waals surface area (Å²) in [6.07, 6.45) is -4.87. The van der Waals surface area contributed by atoms with Gasteiger partial charge in [0, 0.05) is 12.8 Å². The third-order valence-corrected chi connectivity index (χ3v) is 1.78. The van der Waals surface area contributed by atoms with E-state index in [2.05, 4.69) is 0 Å². The molecular formula is C10H10F3NO2. The van der Waals surface area contributed by atoms with Gasteiger partial charge in [0.15, 0.2) is 0 Å². The van der Waals surface area contributed by atoms with Crippen LogP contribution in [-0.2, 0) is 16.1 Å². The fourth-order valence-corrected chi connectivity index (χ4v) is 1.05. The van der Waals surface area contributed by atoms with Crippen molar-refractivity contribution in [3.63, 3.8) is 0 Å². The van der Waals surface area contributed by atoms with Crippen LogP contribution in [0.4, 0.5) is 18.9 Å². The fraction of sp³-hybridized carbons (Fsp3) is 0.300. The minimum absolute atomic E-state index is 0.0992. The molecule has 0 bridgehead atoms. The van der Waals surface area contributed by atoms with Crippen LogP contribution in [0.1, 0.15) is 5.56 Å². The van der Waals surface area contributed by atoms with Crippen LogP contribution >= 0.6 is 0 Å². The van der Waals surface area contributed by atoms with Gasteiger partial charge in [-0.25, -0.2) is 0 Å². The second kappa shape index (κ2) is 4.98. The second-order valence-corrected chi connectivity index (χ2v) is 3.08. The van der Waals surface area contributed by atoms with Crippen LogP contribution in [0.15, 0.2) is 24.3 Å². The maximum atomic E-state index is 11.9. The maximum absolute atomic E-state index is 11.9. The van der Waals surface area contributed by atoms with E-state index < -0.39 is 12.1 Å². The Morgan fingerprint density at radius 2 is 1.88 bits per heavy atom. The molecule has 1 aromatic rings. The topological polar surface area (TPSA) is 38.3 Å². The van der Waals surface area contributed by atoms with Crippen molar-refractivity contribution in [2.75, 3.05) is 12.4 Å². The number of methoxy groups -OCH3 is 1. The first kappa shape index (κ1) is 12.5. The molecule has 0 atom stereocenters. The summed E-state index contributed by atoms with van der Waals surface area (Å²) in [7, 11) is 1.51. The monoisotopic (exact) mass is 233 g/mol. The number of amides is 1. The number of hydrogen-bond donors (Lipinski definition) is 1. The Morgan fingerprint density at radius 1 is 1.31 bits per heavy atom. The van der Waals surface area contributed by atoms with E-state index in [-0.39, 0.29) is 5.69 Å². The van der Waals surface area contributed by atoms with E-state index in [1.54, 1.807) is 17.4 Å². The van der Waals surface area contributed by atoms with E-state index in [0.29, 0.717) is 6.61 Å². The van der Waals surface area contributed by atoms with Crippen molar-refractivity contribution in [1.82, 2.24) is 0 Å². The quantitative estimate of drug-likeness (QED) is 0.870. The highest BCUT2D eigenvalue weighted by Gasteiger charge is 2.38. The highest BCUT2D eigenvalue weighted by Crippen LogP contribution is 2.18. The standard InChI is InChI=1S/C10H10F3NO2/c1-16-6-7-2-4-8(5-3-7)14-9(15)10(11,12)13/h2-5H,6H2,1H3,(H,14,15). The first-order valence-electron chi connectivity index (χ1n) is 4.39. The van der Waals surface area contributed by atoms with Crippen molar-refractivity contribution < 1.29 is 22.7 Å². The van der Waals surface area contributed by atoms with Gasteiger partial charge in [0.2, 0.25) is 0 Å². The molecule has 1 amide bonds. The Bertz CT molecular complexity index is 359. The molecule has 1 rings (SSSR count). The molecule has 0 aliphatic carbocycles. The van der Waals surface area contributed by atoms with E-state index in [1.807, 2.05) is 0 Å². The summed E-state index contributed by atoms with van der Waals surface area (Å²) in [6, 6.07) is 5.93. The predicted octanol–water partition coefficient (Wildman–Crippen LogP) is 2.33. The molecule has 0 aliphatic rings. The normalized spacial score (nSPS) is 11.2. The Kier molecular flexibility index (Phi) is 3.89. The number of nitrogens with one attached hydrogen (secondary N) is 1. The SMILES string of the molecule is COCc1ccc(NC(=O)C(F)(F)F)cc1. The van der Waals surface area contributed by atoms with Gasteiger partial charge in [-0.2, -0.15) is 13.2 Å². The van der Waals surface area contributed by atoms with Crippen molar-refractivity contribution in [2.45, 2.75) is 12.8 Å². The zero-order valence-electron chi connectivity index (χ0n) is 8.47. The zero-order chi connectivity index (χ0) is 12.2. The molecule has 88 valence electrons. The van der Waals surface area contributed by atoms with Crippen molar-refractivity contribution in [2.24, 2.45) is 0 Å². The van der Waals surface area contributed by atoms with E-state index in [4.69, 9.17) is 4.74 Å². The van der Waals surface area contributed by atoms with Crippen molar-refractivity contribution in [3.05, 3.63) is 29.8 Å². The van der Waals surface area contributed by atoms with Gasteiger partial charge in [-0.05, 0) is 17.7 Å². The molecule has 3 nitrogen and oxygen atoms in total. The molecule has 16 heavy (non-hydrogen) atoms. The lowest BCUT2D eigenvalue weighted by Gasteiger charge is -2.08. The molecule has 0 fully saturated rings. The minimum Gasteiger partial charge on any atom is -0.380 e. The Balaban J connectivity index is 2.65. The van der Waals surface area contributed by atoms with Gasteiger partial charge in [-0.1, -0.05) is 12.1 Å². The average Bonchev–Trinajstić information content (AvgIpc) is 2.20. The van der Waals surface area contributed by atoms with Crippen LogP contribution in [-0.4, -0.2) is 19.2 Å². The molecule has 1 N–H and O–H groups in total. The number of rotatable bonds is 3. The molecule has 0 spiro atoms. The first-order valence-corrected chi connectivity index (χ1v) is 4.39. The summed E-state index contributed by atoms with van der Waals surface area (Å²) in [4.78, 5) is 10.6. The van der Waals surface area contributed by atoms with Crippen molar-refractivity contribution in [1.29, 1.82) is 0 Å². The molecule has 0 unspecified atom stereocenters. The second-order valence-electron chi connectivity index (χ2n) is 3.08. The van der Waals surface area contributed by atoms with E-state index >= 15 is 0 Å². The third-order valence-electron chi connectivity index (χ3n) is 1.78. The molecular weight excluding hydrogens is 223 g/mol. The van der Waals surface area contributed by atoms with Crippen LogP contribution in [0, 0.1) is 0 Å². The van der Waals surface area contributed by atoms with Crippen molar-refractivity contribution in [3.8, 4) is 0 Å². The first-order chi connectivity index (χ1) is 7.43. The molecule has 6 heteroatoms. The highest BCUT2D eigenvalue weighted by atomic mass is 19.4. The summed E-state index contributed by atoms with van der Waals surface area (Å²) < 4.78 is 40.5. The van der Waals surface area contributed by atoms with E-state index in [0.717, 1.165) is 5.56 Å². The maximum Gasteiger partial charge on any atom is 0.471 e. The summed E-state index contributed by atoms with van der Waals surface area (Å²) in [5, 5.41) is 1.75. The number of alkyl halides is 3. The number of halogens is 3. The predicted molar refractivity (Wildman–Crippen MR) is 51.8 cm³/mol. The molecule has 0 radical (unpaired) electrons. The van der Waals surface area contributed by atoms with Crippen LogP contribution in [0.3, 0.4) is 0 Å². The average molecular weight is 233 g/mol. The third kappa shape index (κ3) is 3.54. The largest absolute Gasteiger partial charge is 0.471 e. The van der Waals surface area contributed by atoms with Crippen LogP contribution < -0.4 is 5.32 Å². The number of anilines is 1. The highest BCUT2D eigenvalue weighted by molar-refractivity contribution is 5.94. The molecule has 0 saturated heterocycles. The minimum atomic E-state index is -4.87. The van der Waals surface area contributed by atoms with E-state index in [9.17, 15) is 18.0 Å². The zero-order valence-corrected chi connectivity index (χ0v) is 8.47. The molecule has 1 aromatic carbocycles. The molecule has 0 saturated carbocycles. The van der Waals surface area contributed by atoms with Crippen LogP contribution in [0.25, 0.3) is 0 Å². The number of ether oxygens (including phenoxy) is 1. The summed E-state index contributed by atoms with van der Waals surface area (Å²) in [5.74, 6) is -1.98. The van der Waals surface area contributed by atoms with E-state index in [1.165, 1.54) is 19.2 Å². The summed E-state index contributed by atoms with van der Waals surface area (Å²) in [6.45, 7) is 0.369. The number of hydrogen-bond acceptors (Lipinski definition) is 2. The number of benzene rings is 1. The molecule has 0 aromatic heterocycles. The van der Waals surface area contributed by atoms with Gasteiger partial charge in [-0.15, -0.1) is 0 Å². The Morgan fingerprint density at radius 3 is 2.31 bits per heavy atom. The smallest absolute Gasteiger partial charge is 0.380 e. The van der Waals surface area contributed by atoms with Gasteiger partial charge in [-0.3, -0.25) is 4.79 Å². The van der Waals surface area contributed by atoms with Gasteiger partial charge < -0.3 is 10.1 Å². The lowest BCUT2D eigenvalue weighted by molar-refractivity contribution is -0.167. The summed E-state index contributed by atoms with van der Waals surface area (Å²) in [5.41, 5.74) is 0.912. The summed E-state index contributed by atoms with van der Waals surface area (Å²) >= 11 is 0. The lowest BCUT2D eigenvalue weighted by Crippen LogP contribution is -2.29. The fourth-order valence-electron chi connectivity index (χ4n) is 1.05. The van der Waals surface area contributed by atoms with Gasteiger partial charge in [0.1, 0.15) is 0 Å². The van der Waals surface area contributed by atoms with Gasteiger partial charge in [0.25, 0.3) is 0 Å². The molecule has 0 aliphatic heterocycles. The van der Waals surface area contributed by atoms with Crippen LogP contribution in [0.2, 0.25) is 0 Å². The lowest BCUT2D eigenvalue weighted by atomic mass is 10.2. The Hall–Kier alpha value is -1.56. The molecule has 0 heterocycles. The van der Waals surface area contributed by atoms with Gasteiger partial charge in [0.05, 0.1) is 6.61 Å². The van der Waals surface area contributed by atoms with Crippen LogP contribution in [0.5, 0.6) is 0 Å².